The molecule has 0 amide bonds. The van der Waals surface area contributed by atoms with E-state index < -0.39 is 5.60 Å². The topological polar surface area (TPSA) is 55.8 Å². The molecule has 0 spiro atoms. The third-order valence-electron chi connectivity index (χ3n) is 4.68. The highest BCUT2D eigenvalue weighted by molar-refractivity contribution is 9.11. The van der Waals surface area contributed by atoms with E-state index in [0.717, 1.165) is 23.1 Å². The van der Waals surface area contributed by atoms with Gasteiger partial charge in [-0.1, -0.05) is 32.9 Å². The SMILES string of the molecule is CCOC(=O)Cc1ccc(C(C)C)cc1OC1(C)C(CC)=CC(Br)=C1O. The first kappa shape index (κ1) is 20.6. The van der Waals surface area contributed by atoms with Crippen molar-refractivity contribution in [3.63, 3.8) is 0 Å². The average Bonchev–Trinajstić information content (AvgIpc) is 2.80. The van der Waals surface area contributed by atoms with Gasteiger partial charge in [0.25, 0.3) is 0 Å². The summed E-state index contributed by atoms with van der Waals surface area (Å²) >= 11 is 3.39. The largest absolute Gasteiger partial charge is 0.507 e. The number of esters is 1. The van der Waals surface area contributed by atoms with E-state index in [9.17, 15) is 9.90 Å². The quantitative estimate of drug-likeness (QED) is 0.583. The first-order chi connectivity index (χ1) is 12.2. The van der Waals surface area contributed by atoms with Crippen LogP contribution in [-0.4, -0.2) is 23.3 Å². The zero-order valence-corrected chi connectivity index (χ0v) is 17.6. The van der Waals surface area contributed by atoms with E-state index in [1.807, 2.05) is 38.1 Å². The molecule has 1 aliphatic rings. The molecule has 0 saturated carbocycles. The molecule has 0 heterocycles. The van der Waals surface area contributed by atoms with E-state index in [2.05, 4.69) is 29.8 Å². The normalized spacial score (nSPS) is 19.7. The molecule has 4 nitrogen and oxygen atoms in total. The summed E-state index contributed by atoms with van der Waals surface area (Å²) in [5.41, 5.74) is 1.88. The molecule has 1 aromatic rings. The van der Waals surface area contributed by atoms with E-state index in [1.165, 1.54) is 0 Å². The van der Waals surface area contributed by atoms with Crippen molar-refractivity contribution in [3.8, 4) is 5.75 Å². The fraction of sp³-hybridized carbons (Fsp3) is 0.476. The van der Waals surface area contributed by atoms with E-state index in [4.69, 9.17) is 9.47 Å². The number of hydrogen-bond donors (Lipinski definition) is 1. The number of halogens is 1. The van der Waals surface area contributed by atoms with Crippen LogP contribution in [0.4, 0.5) is 0 Å². The number of aliphatic hydroxyl groups excluding tert-OH is 1. The Kier molecular flexibility index (Phi) is 6.56. The number of rotatable bonds is 7. The number of allylic oxidation sites excluding steroid dienone is 2. The van der Waals surface area contributed by atoms with Gasteiger partial charge in [-0.05, 0) is 65.4 Å². The second-order valence-electron chi connectivity index (χ2n) is 6.86. The van der Waals surface area contributed by atoms with Crippen molar-refractivity contribution < 1.29 is 19.4 Å². The predicted octanol–water partition coefficient (Wildman–Crippen LogP) is 5.57. The molecule has 1 aliphatic carbocycles. The van der Waals surface area contributed by atoms with Crippen LogP contribution in [0.25, 0.3) is 0 Å². The van der Waals surface area contributed by atoms with Crippen LogP contribution in [-0.2, 0) is 16.0 Å². The zero-order chi connectivity index (χ0) is 19.5. The lowest BCUT2D eigenvalue weighted by Crippen LogP contribution is -2.35. The molecule has 2 rings (SSSR count). The Labute approximate surface area is 164 Å². The summed E-state index contributed by atoms with van der Waals surface area (Å²) in [4.78, 5) is 12.0. The van der Waals surface area contributed by atoms with Crippen LogP contribution in [0.5, 0.6) is 5.75 Å². The van der Waals surface area contributed by atoms with Gasteiger partial charge in [0.2, 0.25) is 0 Å². The lowest BCUT2D eigenvalue weighted by Gasteiger charge is -2.31. The van der Waals surface area contributed by atoms with E-state index >= 15 is 0 Å². The Morgan fingerprint density at radius 2 is 2.00 bits per heavy atom. The molecule has 0 aliphatic heterocycles. The molecule has 142 valence electrons. The van der Waals surface area contributed by atoms with Gasteiger partial charge in [0.05, 0.1) is 17.5 Å². The van der Waals surface area contributed by atoms with Gasteiger partial charge in [0.1, 0.15) is 5.75 Å². The van der Waals surface area contributed by atoms with Crippen molar-refractivity contribution in [1.29, 1.82) is 0 Å². The second-order valence-corrected chi connectivity index (χ2v) is 7.71. The molecule has 0 radical (unpaired) electrons. The van der Waals surface area contributed by atoms with Crippen LogP contribution in [0.15, 0.2) is 40.1 Å². The average molecular weight is 423 g/mol. The van der Waals surface area contributed by atoms with Crippen molar-refractivity contribution in [1.82, 2.24) is 0 Å². The highest BCUT2D eigenvalue weighted by Gasteiger charge is 2.41. The first-order valence-corrected chi connectivity index (χ1v) is 9.79. The Morgan fingerprint density at radius 3 is 2.58 bits per heavy atom. The summed E-state index contributed by atoms with van der Waals surface area (Å²) in [6.07, 6.45) is 2.77. The van der Waals surface area contributed by atoms with Crippen LogP contribution < -0.4 is 4.74 Å². The number of ether oxygens (including phenoxy) is 2. The van der Waals surface area contributed by atoms with Gasteiger partial charge in [-0.25, -0.2) is 0 Å². The van der Waals surface area contributed by atoms with Gasteiger partial charge >= 0.3 is 5.97 Å². The minimum absolute atomic E-state index is 0.133. The molecular weight excluding hydrogens is 396 g/mol. The lowest BCUT2D eigenvalue weighted by molar-refractivity contribution is -0.142. The number of carbonyl (C=O) groups is 1. The van der Waals surface area contributed by atoms with Gasteiger partial charge in [0.15, 0.2) is 11.4 Å². The highest BCUT2D eigenvalue weighted by Crippen LogP contribution is 2.42. The van der Waals surface area contributed by atoms with Gasteiger partial charge in [-0.2, -0.15) is 0 Å². The number of aliphatic hydroxyl groups is 1. The summed E-state index contributed by atoms with van der Waals surface area (Å²) in [6.45, 7) is 10.2. The number of hydrogen-bond acceptors (Lipinski definition) is 4. The Balaban J connectivity index is 2.44. The molecule has 0 bridgehead atoms. The van der Waals surface area contributed by atoms with E-state index in [0.29, 0.717) is 22.8 Å². The molecule has 5 heteroatoms. The molecule has 26 heavy (non-hydrogen) atoms. The summed E-state index contributed by atoms with van der Waals surface area (Å²) in [5.74, 6) is 0.770. The second kappa shape index (κ2) is 8.30. The van der Waals surface area contributed by atoms with E-state index in [1.54, 1.807) is 6.92 Å². The zero-order valence-electron chi connectivity index (χ0n) is 16.1. The molecule has 1 aromatic carbocycles. The molecule has 1 atom stereocenters. The lowest BCUT2D eigenvalue weighted by atomic mass is 9.94. The van der Waals surface area contributed by atoms with Crippen LogP contribution in [0.3, 0.4) is 0 Å². The highest BCUT2D eigenvalue weighted by atomic mass is 79.9. The number of carbonyl (C=O) groups excluding carboxylic acids is 1. The first-order valence-electron chi connectivity index (χ1n) is 9.00. The third-order valence-corrected chi connectivity index (χ3v) is 5.29. The van der Waals surface area contributed by atoms with Crippen molar-refractivity contribution in [2.75, 3.05) is 6.61 Å². The van der Waals surface area contributed by atoms with E-state index in [-0.39, 0.29) is 18.1 Å². The summed E-state index contributed by atoms with van der Waals surface area (Å²) in [5, 5.41) is 10.6. The molecule has 0 aromatic heterocycles. The maximum absolute atomic E-state index is 12.0. The van der Waals surface area contributed by atoms with Gasteiger partial charge in [-0.15, -0.1) is 0 Å². The maximum Gasteiger partial charge on any atom is 0.310 e. The Hall–Kier alpha value is -1.75. The summed E-state index contributed by atoms with van der Waals surface area (Å²) in [6, 6.07) is 5.87. The molecule has 0 saturated heterocycles. The third kappa shape index (κ3) is 4.14. The Morgan fingerprint density at radius 1 is 1.31 bits per heavy atom. The van der Waals surface area contributed by atoms with Gasteiger partial charge in [-0.3, -0.25) is 4.79 Å². The van der Waals surface area contributed by atoms with Crippen molar-refractivity contribution in [2.45, 2.75) is 59.0 Å². The van der Waals surface area contributed by atoms with Gasteiger partial charge < -0.3 is 14.6 Å². The van der Waals surface area contributed by atoms with Crippen LogP contribution in [0, 0.1) is 0 Å². The van der Waals surface area contributed by atoms with Crippen molar-refractivity contribution in [2.24, 2.45) is 0 Å². The minimum Gasteiger partial charge on any atom is -0.507 e. The van der Waals surface area contributed by atoms with Crippen molar-refractivity contribution in [3.05, 3.63) is 51.2 Å². The fourth-order valence-electron chi connectivity index (χ4n) is 3.05. The number of benzene rings is 1. The van der Waals surface area contributed by atoms with Crippen LogP contribution >= 0.6 is 15.9 Å². The fourth-order valence-corrected chi connectivity index (χ4v) is 3.71. The molecular formula is C21H27BrO4. The molecule has 1 unspecified atom stereocenters. The minimum atomic E-state index is -0.952. The monoisotopic (exact) mass is 422 g/mol. The van der Waals surface area contributed by atoms with Crippen LogP contribution in [0.2, 0.25) is 0 Å². The predicted molar refractivity (Wildman–Crippen MR) is 107 cm³/mol. The standard InChI is InChI=1S/C21H27BrO4/c1-6-16-12-17(22)20(24)21(16,5)26-18-10-14(13(3)4)8-9-15(18)11-19(23)25-7-2/h8-10,12-13,24H,6-7,11H2,1-5H3. The molecule has 1 N–H and O–H groups in total. The summed E-state index contributed by atoms with van der Waals surface area (Å²) < 4.78 is 12.0. The smallest absolute Gasteiger partial charge is 0.310 e. The molecule has 0 fully saturated rings. The summed E-state index contributed by atoms with van der Waals surface area (Å²) in [7, 11) is 0. The Bertz CT molecular complexity index is 748. The van der Waals surface area contributed by atoms with Crippen LogP contribution in [0.1, 0.15) is 58.1 Å². The maximum atomic E-state index is 12.0. The van der Waals surface area contributed by atoms with Crippen molar-refractivity contribution >= 4 is 21.9 Å². The van der Waals surface area contributed by atoms with Gasteiger partial charge in [0, 0.05) is 5.56 Å².